The van der Waals surface area contributed by atoms with Crippen LogP contribution in [0.3, 0.4) is 0 Å². The van der Waals surface area contributed by atoms with E-state index in [1.165, 1.54) is 0 Å². The molecule has 226 valence electrons. The first-order chi connectivity index (χ1) is 20.7. The standard InChI is InChI=1S/C14H10Br3NO2.C14H9Br2NO2.CH2O3.2K.H/c15-3-4-18-10-5-8(16)1-2-12(10)20-13-7-9(17)6-11(19)14(13)18;15-8-1-2-11-10(5-8)17-3-4-18-12-6-9(16)7-13(19-11)14(12)17;2-1-4-3;;;/h1-2,5-7,19H,3-4H2;1-2,5-7H,3-4H2;1,3H;;;/q;;;2*+1;-1/p-1. The summed E-state index contributed by atoms with van der Waals surface area (Å²) in [7, 11) is 0. The Morgan fingerprint density at radius 3 is 1.93 bits per heavy atom. The van der Waals surface area contributed by atoms with Crippen molar-refractivity contribution in [3.63, 3.8) is 0 Å². The van der Waals surface area contributed by atoms with Crippen molar-refractivity contribution >= 4 is 109 Å². The van der Waals surface area contributed by atoms with Crippen LogP contribution in [0.5, 0.6) is 34.5 Å². The zero-order valence-electron chi connectivity index (χ0n) is 24.9. The molecule has 3 aliphatic heterocycles. The number of ether oxygens (including phenoxy) is 3. The smallest absolute Gasteiger partial charge is 1.00 e. The van der Waals surface area contributed by atoms with Crippen LogP contribution in [0.25, 0.3) is 0 Å². The number of carbonyl (C=O) groups is 1. The van der Waals surface area contributed by atoms with Crippen LogP contribution in [0.4, 0.5) is 22.7 Å². The van der Waals surface area contributed by atoms with Gasteiger partial charge in [0.25, 0.3) is 6.47 Å². The topological polar surface area (TPSA) is 104 Å². The number of phenolic OH excluding ortho intramolecular Hbond substituents is 1. The maximum atomic E-state index is 10.3. The molecule has 0 radical (unpaired) electrons. The molecule has 0 aliphatic carbocycles. The first-order valence-electron chi connectivity index (χ1n) is 12.5. The molecule has 0 spiro atoms. The number of anilines is 4. The van der Waals surface area contributed by atoms with Gasteiger partial charge >= 0.3 is 103 Å². The number of hydrogen-bond donors (Lipinski definition) is 1. The van der Waals surface area contributed by atoms with E-state index in [1.54, 1.807) is 6.07 Å². The van der Waals surface area contributed by atoms with E-state index in [0.717, 1.165) is 76.4 Å². The normalized spacial score (nSPS) is 12.5. The summed E-state index contributed by atoms with van der Waals surface area (Å²) in [6.07, 6.45) is 0. The summed E-state index contributed by atoms with van der Waals surface area (Å²) in [6.45, 7) is 2.05. The molecule has 4 aromatic carbocycles. The van der Waals surface area contributed by atoms with Gasteiger partial charge in [0, 0.05) is 29.8 Å². The average Bonchev–Trinajstić information content (AvgIpc) is 2.98. The van der Waals surface area contributed by atoms with Crippen molar-refractivity contribution in [1.29, 1.82) is 0 Å². The fourth-order valence-electron chi connectivity index (χ4n) is 4.76. The Hall–Kier alpha value is 0.783. The summed E-state index contributed by atoms with van der Waals surface area (Å²) >= 11 is 17.3. The van der Waals surface area contributed by atoms with Crippen LogP contribution in [0, 0.1) is 0 Å². The molecule has 0 saturated carbocycles. The first kappa shape index (κ1) is 40.2. The molecule has 0 aromatic heterocycles. The Morgan fingerprint density at radius 1 is 0.800 bits per heavy atom. The molecule has 45 heavy (non-hydrogen) atoms. The van der Waals surface area contributed by atoms with E-state index in [0.29, 0.717) is 18.0 Å². The van der Waals surface area contributed by atoms with Crippen LogP contribution in [0.15, 0.2) is 78.6 Å². The number of fused-ring (bicyclic) bond motifs is 4. The van der Waals surface area contributed by atoms with E-state index in [9.17, 15) is 5.11 Å². The minimum absolute atomic E-state index is 0. The maximum absolute atomic E-state index is 10.3. The van der Waals surface area contributed by atoms with Gasteiger partial charge in [0.1, 0.15) is 29.5 Å². The Labute approximate surface area is 388 Å². The molecule has 0 atom stereocenters. The molecule has 0 amide bonds. The number of phenols is 1. The fourth-order valence-corrected chi connectivity index (χ4v) is 6.66. The summed E-state index contributed by atoms with van der Waals surface area (Å²) < 4.78 is 21.4. The van der Waals surface area contributed by atoms with Crippen LogP contribution >= 0.6 is 79.6 Å². The van der Waals surface area contributed by atoms with Crippen molar-refractivity contribution in [2.24, 2.45) is 0 Å². The average molecular weight is 987 g/mol. The van der Waals surface area contributed by atoms with E-state index in [4.69, 9.17) is 24.3 Å². The minimum Gasteiger partial charge on any atom is -1.00 e. The number of halogens is 5. The molecule has 0 unspecified atom stereocenters. The van der Waals surface area contributed by atoms with Gasteiger partial charge in [0.05, 0.1) is 17.9 Å². The molecule has 16 heteroatoms. The third-order valence-electron chi connectivity index (χ3n) is 6.35. The number of nitrogens with zero attached hydrogens (tertiary/aromatic N) is 2. The molecule has 7 rings (SSSR count). The second-order valence-corrected chi connectivity index (χ2v) is 13.4. The number of hydrogen-bond acceptors (Lipinski definition) is 9. The molecule has 0 saturated heterocycles. The van der Waals surface area contributed by atoms with Crippen molar-refractivity contribution < 1.29 is 138 Å². The third-order valence-corrected chi connectivity index (χ3v) is 8.60. The predicted molar refractivity (Wildman–Crippen MR) is 180 cm³/mol. The third kappa shape index (κ3) is 9.52. The van der Waals surface area contributed by atoms with Gasteiger partial charge in [-0.15, -0.1) is 0 Å². The predicted octanol–water partition coefficient (Wildman–Crippen LogP) is 2.96. The van der Waals surface area contributed by atoms with Gasteiger partial charge in [-0.25, -0.2) is 0 Å². The van der Waals surface area contributed by atoms with E-state index in [2.05, 4.69) is 100 Å². The maximum Gasteiger partial charge on any atom is 1.00 e. The summed E-state index contributed by atoms with van der Waals surface area (Å²) in [4.78, 5) is 15.6. The van der Waals surface area contributed by atoms with Gasteiger partial charge in [0.2, 0.25) is 0 Å². The zero-order chi connectivity index (χ0) is 30.7. The molecule has 3 aliphatic rings. The molecular formula is C29H21Br5K2N2O7. The van der Waals surface area contributed by atoms with Crippen molar-refractivity contribution in [3.05, 3.63) is 78.6 Å². The van der Waals surface area contributed by atoms with Crippen molar-refractivity contribution in [3.8, 4) is 34.5 Å². The van der Waals surface area contributed by atoms with E-state index >= 15 is 0 Å². The van der Waals surface area contributed by atoms with Crippen molar-refractivity contribution in [2.45, 2.75) is 0 Å². The molecule has 3 heterocycles. The second-order valence-electron chi connectivity index (χ2n) is 8.98. The summed E-state index contributed by atoms with van der Waals surface area (Å²) in [5, 5.41) is 19.5. The largest absolute Gasteiger partial charge is 1.00 e. The van der Waals surface area contributed by atoms with E-state index in [1.807, 2.05) is 48.5 Å². The Balaban J connectivity index is 0.000000271. The quantitative estimate of drug-likeness (QED) is 0.109. The summed E-state index contributed by atoms with van der Waals surface area (Å²) in [5.41, 5.74) is 3.72. The monoisotopic (exact) mass is 982 g/mol. The molecule has 0 bridgehead atoms. The van der Waals surface area contributed by atoms with Gasteiger partial charge in [-0.3, -0.25) is 4.79 Å². The number of carbonyl (C=O) groups excluding carboxylic acids is 1. The van der Waals surface area contributed by atoms with Crippen LogP contribution in [0.1, 0.15) is 1.43 Å². The molecule has 0 fully saturated rings. The SMILES string of the molecule is Brc1cc2c3c(c1)Oc1ccc(Br)cc1N3CCO2.O=CO[O-].Oc1cc(Br)cc2c1N(CCBr)c1cc(Br)ccc1O2.[H-].[K+].[K+]. The molecular weight excluding hydrogens is 966 g/mol. The number of aromatic hydroxyl groups is 1. The minimum atomic E-state index is -0.181. The van der Waals surface area contributed by atoms with Crippen LogP contribution in [-0.4, -0.2) is 36.6 Å². The number of alkyl halides is 1. The fraction of sp³-hybridized carbons (Fsp3) is 0.138. The Morgan fingerprint density at radius 2 is 1.33 bits per heavy atom. The van der Waals surface area contributed by atoms with Crippen LogP contribution in [-0.2, 0) is 9.68 Å². The van der Waals surface area contributed by atoms with E-state index in [-0.39, 0.29) is 116 Å². The summed E-state index contributed by atoms with van der Waals surface area (Å²) in [6, 6.07) is 19.4. The van der Waals surface area contributed by atoms with Crippen molar-refractivity contribution in [1.82, 2.24) is 0 Å². The Bertz CT molecular complexity index is 1690. The van der Waals surface area contributed by atoms with Gasteiger partial charge in [0.15, 0.2) is 23.0 Å². The van der Waals surface area contributed by atoms with Gasteiger partial charge in [-0.1, -0.05) is 79.6 Å². The molecule has 9 nitrogen and oxygen atoms in total. The van der Waals surface area contributed by atoms with Crippen LogP contribution in [0.2, 0.25) is 0 Å². The number of rotatable bonds is 3. The zero-order valence-corrected chi connectivity index (χ0v) is 38.0. The van der Waals surface area contributed by atoms with E-state index < -0.39 is 0 Å². The van der Waals surface area contributed by atoms with Gasteiger partial charge in [-0.05, 0) is 60.7 Å². The Kier molecular flexibility index (Phi) is 16.7. The molecule has 1 N–H and O–H groups in total. The summed E-state index contributed by atoms with van der Waals surface area (Å²) in [5.74, 6) is 4.19. The van der Waals surface area contributed by atoms with Crippen LogP contribution < -0.4 is 132 Å². The van der Waals surface area contributed by atoms with Gasteiger partial charge in [-0.2, -0.15) is 0 Å². The van der Waals surface area contributed by atoms with Gasteiger partial charge < -0.3 is 40.7 Å². The number of benzene rings is 4. The van der Waals surface area contributed by atoms with Crippen molar-refractivity contribution in [2.75, 3.05) is 34.8 Å². The second kappa shape index (κ2) is 18.7. The first-order valence-corrected chi connectivity index (χ1v) is 16.8. The molecule has 4 aromatic rings.